The molecule has 0 saturated heterocycles. The van der Waals surface area contributed by atoms with E-state index < -0.39 is 11.6 Å². The molecule has 0 bridgehead atoms. The highest BCUT2D eigenvalue weighted by atomic mass is 16.5. The van der Waals surface area contributed by atoms with Gasteiger partial charge in [-0.25, -0.2) is 0 Å². The van der Waals surface area contributed by atoms with Gasteiger partial charge in [-0.3, -0.25) is 9.48 Å². The molecule has 3 aliphatic carbocycles. The molecule has 6 heteroatoms. The molecular weight excluding hydrogens is 476 g/mol. The lowest BCUT2D eigenvalue weighted by Crippen LogP contribution is -2.44. The van der Waals surface area contributed by atoms with E-state index in [1.165, 1.54) is 25.7 Å². The predicted molar refractivity (Wildman–Crippen MR) is 146 cm³/mol. The highest BCUT2D eigenvalue weighted by molar-refractivity contribution is 5.69. The van der Waals surface area contributed by atoms with Crippen LogP contribution in [0.4, 0.5) is 0 Å². The first kappa shape index (κ1) is 25.2. The molecule has 0 aliphatic heterocycles. The quantitative estimate of drug-likeness (QED) is 0.313. The highest BCUT2D eigenvalue weighted by Crippen LogP contribution is 2.52. The van der Waals surface area contributed by atoms with Crippen LogP contribution < -0.4 is 4.74 Å². The minimum Gasteiger partial charge on any atom is -0.497 e. The zero-order chi connectivity index (χ0) is 26.2. The Labute approximate surface area is 225 Å². The zero-order valence-electron chi connectivity index (χ0n) is 22.3. The number of benzene rings is 2. The van der Waals surface area contributed by atoms with Gasteiger partial charge in [0.05, 0.1) is 31.5 Å². The van der Waals surface area contributed by atoms with Crippen LogP contribution in [-0.2, 0) is 27.1 Å². The Bertz CT molecular complexity index is 1250. The third kappa shape index (κ3) is 5.24. The van der Waals surface area contributed by atoms with Crippen LogP contribution >= 0.6 is 0 Å². The lowest BCUT2D eigenvalue weighted by molar-refractivity contribution is -0.141. The summed E-state index contributed by atoms with van der Waals surface area (Å²) in [7, 11) is 1.68. The van der Waals surface area contributed by atoms with Gasteiger partial charge in [0, 0.05) is 17.5 Å². The molecular formula is C32H38N2O4. The van der Waals surface area contributed by atoms with Crippen LogP contribution in [0.15, 0.2) is 60.7 Å². The van der Waals surface area contributed by atoms with Crippen molar-refractivity contribution in [2.24, 2.45) is 11.8 Å². The molecule has 1 N–H and O–H groups in total. The summed E-state index contributed by atoms with van der Waals surface area (Å²) in [6.45, 7) is 1.68. The summed E-state index contributed by atoms with van der Waals surface area (Å²) in [5.74, 6) is 1.42. The molecule has 38 heavy (non-hydrogen) atoms. The number of ether oxygens (including phenoxy) is 2. The number of nitrogens with zero attached hydrogens (tertiary/aromatic N) is 2. The minimum atomic E-state index is -0.735. The topological polar surface area (TPSA) is 73.6 Å². The van der Waals surface area contributed by atoms with Crippen LogP contribution in [0.2, 0.25) is 0 Å². The maximum atomic E-state index is 12.0. The summed E-state index contributed by atoms with van der Waals surface area (Å²) in [6, 6.07) is 20.6. The van der Waals surface area contributed by atoms with Gasteiger partial charge in [0.15, 0.2) is 0 Å². The molecule has 3 aliphatic rings. The first-order valence-corrected chi connectivity index (χ1v) is 14.1. The van der Waals surface area contributed by atoms with Crippen LogP contribution in [0.3, 0.4) is 0 Å². The fourth-order valence-corrected chi connectivity index (χ4v) is 6.19. The van der Waals surface area contributed by atoms with E-state index in [0.29, 0.717) is 11.8 Å². The van der Waals surface area contributed by atoms with E-state index >= 15 is 0 Å². The second kappa shape index (κ2) is 10.2. The van der Waals surface area contributed by atoms with Crippen LogP contribution in [0.1, 0.15) is 69.0 Å². The van der Waals surface area contributed by atoms with Crippen molar-refractivity contribution in [2.75, 3.05) is 13.7 Å². The third-order valence-corrected chi connectivity index (χ3v) is 8.94. The average molecular weight is 515 g/mol. The first-order chi connectivity index (χ1) is 18.5. The van der Waals surface area contributed by atoms with Gasteiger partial charge < -0.3 is 14.6 Å². The number of hydrogen-bond donors (Lipinski definition) is 1. The number of carbonyl (C=O) groups is 1. The Balaban J connectivity index is 1.36. The van der Waals surface area contributed by atoms with Gasteiger partial charge >= 0.3 is 5.97 Å². The zero-order valence-corrected chi connectivity index (χ0v) is 22.3. The van der Waals surface area contributed by atoms with Gasteiger partial charge in [-0.1, -0.05) is 30.3 Å². The van der Waals surface area contributed by atoms with Gasteiger partial charge in [-0.2, -0.15) is 5.10 Å². The predicted octanol–water partition coefficient (Wildman–Crippen LogP) is 6.58. The van der Waals surface area contributed by atoms with Crippen LogP contribution in [0.25, 0.3) is 11.3 Å². The molecule has 3 aromatic rings. The molecule has 3 fully saturated rings. The summed E-state index contributed by atoms with van der Waals surface area (Å²) < 4.78 is 14.5. The lowest BCUT2D eigenvalue weighted by atomic mass is 9.63. The minimum absolute atomic E-state index is 0.147. The SMILES string of the molecule is COc1ccc(-c2cc(C3(OCC4CC4)CCC(CC(=O)O)(c4ccccc4)CC3)n(CC3CC3)n2)cc1. The molecule has 2 aromatic carbocycles. The van der Waals surface area contributed by atoms with Crippen molar-refractivity contribution in [1.29, 1.82) is 0 Å². The van der Waals surface area contributed by atoms with Crippen molar-refractivity contribution in [3.63, 3.8) is 0 Å². The molecule has 6 rings (SSSR count). The monoisotopic (exact) mass is 514 g/mol. The Morgan fingerprint density at radius 3 is 2.26 bits per heavy atom. The van der Waals surface area contributed by atoms with Crippen molar-refractivity contribution in [1.82, 2.24) is 9.78 Å². The fraction of sp³-hybridized carbons (Fsp3) is 0.500. The van der Waals surface area contributed by atoms with Gasteiger partial charge in [-0.05, 0) is 99.1 Å². The molecule has 0 atom stereocenters. The van der Waals surface area contributed by atoms with Crippen LogP contribution in [-0.4, -0.2) is 34.6 Å². The Kier molecular flexibility index (Phi) is 6.77. The van der Waals surface area contributed by atoms with Crippen molar-refractivity contribution in [3.05, 3.63) is 71.9 Å². The van der Waals surface area contributed by atoms with E-state index in [2.05, 4.69) is 35.0 Å². The maximum absolute atomic E-state index is 12.0. The van der Waals surface area contributed by atoms with Crippen molar-refractivity contribution >= 4 is 5.97 Å². The number of rotatable bonds is 11. The van der Waals surface area contributed by atoms with E-state index in [9.17, 15) is 9.90 Å². The molecule has 0 radical (unpaired) electrons. The third-order valence-electron chi connectivity index (χ3n) is 8.94. The molecule has 3 saturated carbocycles. The maximum Gasteiger partial charge on any atom is 0.304 e. The van der Waals surface area contributed by atoms with Gasteiger partial charge in [0.2, 0.25) is 0 Å². The number of methoxy groups -OCH3 is 1. The second-order valence-corrected chi connectivity index (χ2v) is 11.7. The number of hydrogen-bond acceptors (Lipinski definition) is 4. The highest BCUT2D eigenvalue weighted by Gasteiger charge is 2.48. The largest absolute Gasteiger partial charge is 0.497 e. The summed E-state index contributed by atoms with van der Waals surface area (Å²) in [4.78, 5) is 12.0. The van der Waals surface area contributed by atoms with E-state index in [4.69, 9.17) is 14.6 Å². The number of aliphatic carboxylic acids is 1. The van der Waals surface area contributed by atoms with Crippen molar-refractivity contribution in [3.8, 4) is 17.0 Å². The Morgan fingerprint density at radius 2 is 1.66 bits per heavy atom. The van der Waals surface area contributed by atoms with E-state index in [-0.39, 0.29) is 11.8 Å². The summed E-state index contributed by atoms with van der Waals surface area (Å²) >= 11 is 0. The number of carboxylic acids is 1. The van der Waals surface area contributed by atoms with Gasteiger partial charge in [0.25, 0.3) is 0 Å². The van der Waals surface area contributed by atoms with E-state index in [1.54, 1.807) is 7.11 Å². The molecule has 0 spiro atoms. The summed E-state index contributed by atoms with van der Waals surface area (Å²) in [6.07, 6.45) is 8.27. The summed E-state index contributed by atoms with van der Waals surface area (Å²) in [5, 5.41) is 15.0. The van der Waals surface area contributed by atoms with Crippen molar-refractivity contribution in [2.45, 2.75) is 75.3 Å². The first-order valence-electron chi connectivity index (χ1n) is 14.1. The fourth-order valence-electron chi connectivity index (χ4n) is 6.19. The summed E-state index contributed by atoms with van der Waals surface area (Å²) in [5.41, 5.74) is 3.49. The number of aromatic nitrogens is 2. The van der Waals surface area contributed by atoms with E-state index in [1.807, 2.05) is 30.3 Å². The van der Waals surface area contributed by atoms with Gasteiger partial charge in [-0.15, -0.1) is 0 Å². The van der Waals surface area contributed by atoms with E-state index in [0.717, 1.165) is 67.1 Å². The standard InChI is InChI=1S/C32H38N2O4/c1-37-27-13-11-25(12-14-27)28-19-29(34(33-28)21-23-7-8-23)32(38-22-24-9-10-24)17-15-31(16-18-32,20-30(35)36)26-5-3-2-4-6-26/h2-6,11-14,19,23-24H,7-10,15-18,20-22H2,1H3,(H,35,36). The second-order valence-electron chi connectivity index (χ2n) is 11.7. The Morgan fingerprint density at radius 1 is 0.974 bits per heavy atom. The molecule has 0 amide bonds. The average Bonchev–Trinajstić information content (AvgIpc) is 3.88. The molecule has 1 heterocycles. The van der Waals surface area contributed by atoms with Gasteiger partial charge in [0.1, 0.15) is 11.4 Å². The van der Waals surface area contributed by atoms with Crippen LogP contribution in [0.5, 0.6) is 5.75 Å². The smallest absolute Gasteiger partial charge is 0.304 e. The number of carboxylic acid groups (broad SMARTS) is 1. The molecule has 200 valence electrons. The normalized spacial score (nSPS) is 25.3. The lowest BCUT2D eigenvalue weighted by Gasteiger charge is -2.46. The molecule has 6 nitrogen and oxygen atoms in total. The Hall–Kier alpha value is -3.12. The molecule has 1 aromatic heterocycles. The van der Waals surface area contributed by atoms with Crippen LogP contribution in [0, 0.1) is 11.8 Å². The molecule has 0 unspecified atom stereocenters. The van der Waals surface area contributed by atoms with Crippen molar-refractivity contribution < 1.29 is 19.4 Å².